The van der Waals surface area contributed by atoms with Crippen molar-refractivity contribution in [1.82, 2.24) is 0 Å². The summed E-state index contributed by atoms with van der Waals surface area (Å²) < 4.78 is 5.23. The van der Waals surface area contributed by atoms with Gasteiger partial charge in [-0.1, -0.05) is 19.1 Å². The van der Waals surface area contributed by atoms with E-state index in [2.05, 4.69) is 12.2 Å². The van der Waals surface area contributed by atoms with Gasteiger partial charge in [0.05, 0.1) is 12.8 Å². The number of para-hydroxylation sites is 2. The molecule has 0 atom stereocenters. The lowest BCUT2D eigenvalue weighted by atomic mass is 10.3. The van der Waals surface area contributed by atoms with Crippen LogP contribution in [0.2, 0.25) is 0 Å². The highest BCUT2D eigenvalue weighted by molar-refractivity contribution is 7.99. The number of nitrogens with one attached hydrogen (secondary N) is 1. The molecule has 14 heavy (non-hydrogen) atoms. The molecule has 0 aliphatic carbocycles. The van der Waals surface area contributed by atoms with Crippen molar-refractivity contribution in [2.75, 3.05) is 30.5 Å². The minimum Gasteiger partial charge on any atom is -0.495 e. The van der Waals surface area contributed by atoms with Gasteiger partial charge in [-0.15, -0.1) is 0 Å². The summed E-state index contributed by atoms with van der Waals surface area (Å²) in [6, 6.07) is 7.99. The highest BCUT2D eigenvalue weighted by atomic mass is 32.2. The first-order valence-electron chi connectivity index (χ1n) is 4.83. The maximum atomic E-state index is 5.23. The number of hydrogen-bond donors (Lipinski definition) is 1. The Hall–Kier alpha value is -0.830. The van der Waals surface area contributed by atoms with Crippen LogP contribution in [0.1, 0.15) is 6.92 Å². The normalized spacial score (nSPS) is 9.86. The van der Waals surface area contributed by atoms with Crippen molar-refractivity contribution in [1.29, 1.82) is 0 Å². The van der Waals surface area contributed by atoms with Gasteiger partial charge in [-0.2, -0.15) is 11.8 Å². The first kappa shape index (κ1) is 11.2. The smallest absolute Gasteiger partial charge is 0.141 e. The van der Waals surface area contributed by atoms with E-state index >= 15 is 0 Å². The largest absolute Gasteiger partial charge is 0.495 e. The second-order valence-electron chi connectivity index (χ2n) is 2.82. The molecule has 1 aromatic carbocycles. The van der Waals surface area contributed by atoms with E-state index in [1.165, 1.54) is 5.75 Å². The Labute approximate surface area is 90.0 Å². The van der Waals surface area contributed by atoms with Crippen LogP contribution < -0.4 is 10.1 Å². The Morgan fingerprint density at radius 1 is 1.36 bits per heavy atom. The molecule has 1 aromatic rings. The molecule has 78 valence electrons. The van der Waals surface area contributed by atoms with Gasteiger partial charge >= 0.3 is 0 Å². The number of rotatable bonds is 6. The van der Waals surface area contributed by atoms with Crippen LogP contribution in [-0.2, 0) is 0 Å². The Morgan fingerprint density at radius 2 is 2.14 bits per heavy atom. The molecule has 0 heterocycles. The maximum absolute atomic E-state index is 5.23. The Morgan fingerprint density at radius 3 is 2.86 bits per heavy atom. The average molecular weight is 211 g/mol. The van der Waals surface area contributed by atoms with Crippen LogP contribution in [0.15, 0.2) is 24.3 Å². The van der Waals surface area contributed by atoms with Crippen molar-refractivity contribution in [3.05, 3.63) is 24.3 Å². The third-order valence-corrected chi connectivity index (χ3v) is 2.77. The molecule has 0 spiro atoms. The summed E-state index contributed by atoms with van der Waals surface area (Å²) >= 11 is 1.94. The molecule has 0 amide bonds. The molecule has 0 saturated heterocycles. The standard InChI is InChI=1S/C11H17NOS/c1-3-14-9-8-12-10-6-4-5-7-11(10)13-2/h4-7,12H,3,8-9H2,1-2H3. The molecule has 0 bridgehead atoms. The Bertz CT molecular complexity index is 265. The van der Waals surface area contributed by atoms with Gasteiger partial charge in [0.2, 0.25) is 0 Å². The van der Waals surface area contributed by atoms with E-state index in [9.17, 15) is 0 Å². The monoisotopic (exact) mass is 211 g/mol. The van der Waals surface area contributed by atoms with E-state index in [0.717, 1.165) is 23.7 Å². The van der Waals surface area contributed by atoms with Gasteiger partial charge in [-0.05, 0) is 17.9 Å². The highest BCUT2D eigenvalue weighted by Gasteiger charge is 1.98. The van der Waals surface area contributed by atoms with Crippen LogP contribution >= 0.6 is 11.8 Å². The van der Waals surface area contributed by atoms with Gasteiger partial charge in [0.1, 0.15) is 5.75 Å². The topological polar surface area (TPSA) is 21.3 Å². The zero-order chi connectivity index (χ0) is 10.2. The summed E-state index contributed by atoms with van der Waals surface area (Å²) in [7, 11) is 1.70. The van der Waals surface area contributed by atoms with Crippen LogP contribution in [0, 0.1) is 0 Å². The lowest BCUT2D eigenvalue weighted by Gasteiger charge is -2.09. The molecule has 1 rings (SSSR count). The molecule has 0 aromatic heterocycles. The molecular weight excluding hydrogens is 194 g/mol. The van der Waals surface area contributed by atoms with Crippen molar-refractivity contribution in [3.8, 4) is 5.75 Å². The van der Waals surface area contributed by atoms with Crippen molar-refractivity contribution >= 4 is 17.4 Å². The minimum absolute atomic E-state index is 0.911. The average Bonchev–Trinajstić information content (AvgIpc) is 2.25. The van der Waals surface area contributed by atoms with Crippen LogP contribution in [0.25, 0.3) is 0 Å². The zero-order valence-corrected chi connectivity index (χ0v) is 9.56. The minimum atomic E-state index is 0.911. The van der Waals surface area contributed by atoms with E-state index in [-0.39, 0.29) is 0 Å². The predicted octanol–water partition coefficient (Wildman–Crippen LogP) is 2.86. The molecule has 3 heteroatoms. The Kier molecular flexibility index (Phi) is 5.30. The SMILES string of the molecule is CCSCCNc1ccccc1OC. The molecule has 1 N–H and O–H groups in total. The van der Waals surface area contributed by atoms with Crippen LogP contribution in [0.3, 0.4) is 0 Å². The van der Waals surface area contributed by atoms with Gasteiger partial charge in [0.15, 0.2) is 0 Å². The summed E-state index contributed by atoms with van der Waals surface area (Å²) in [6.45, 7) is 3.16. The highest BCUT2D eigenvalue weighted by Crippen LogP contribution is 2.22. The quantitative estimate of drug-likeness (QED) is 0.731. The lowest BCUT2D eigenvalue weighted by Crippen LogP contribution is -2.05. The Balaban J connectivity index is 2.41. The van der Waals surface area contributed by atoms with Crippen LogP contribution in [0.5, 0.6) is 5.75 Å². The van der Waals surface area contributed by atoms with Crippen molar-refractivity contribution in [2.24, 2.45) is 0 Å². The van der Waals surface area contributed by atoms with Crippen LogP contribution in [-0.4, -0.2) is 25.2 Å². The van der Waals surface area contributed by atoms with Gasteiger partial charge in [0.25, 0.3) is 0 Å². The molecule has 0 radical (unpaired) electrons. The van der Waals surface area contributed by atoms with E-state index in [0.29, 0.717) is 0 Å². The summed E-state index contributed by atoms with van der Waals surface area (Å²) in [5.41, 5.74) is 1.08. The van der Waals surface area contributed by atoms with Crippen molar-refractivity contribution in [2.45, 2.75) is 6.92 Å². The fraction of sp³-hybridized carbons (Fsp3) is 0.455. The number of benzene rings is 1. The van der Waals surface area contributed by atoms with Gasteiger partial charge in [0, 0.05) is 12.3 Å². The number of methoxy groups -OCH3 is 1. The predicted molar refractivity (Wildman–Crippen MR) is 64.5 cm³/mol. The summed E-state index contributed by atoms with van der Waals surface area (Å²) in [6.07, 6.45) is 0. The number of hydrogen-bond acceptors (Lipinski definition) is 3. The zero-order valence-electron chi connectivity index (χ0n) is 8.75. The second-order valence-corrected chi connectivity index (χ2v) is 4.22. The van der Waals surface area contributed by atoms with E-state index in [1.54, 1.807) is 7.11 Å². The van der Waals surface area contributed by atoms with E-state index in [4.69, 9.17) is 4.74 Å². The first-order chi connectivity index (χ1) is 6.88. The second kappa shape index (κ2) is 6.60. The molecule has 0 fully saturated rings. The van der Waals surface area contributed by atoms with E-state index < -0.39 is 0 Å². The van der Waals surface area contributed by atoms with Crippen molar-refractivity contribution < 1.29 is 4.74 Å². The first-order valence-corrected chi connectivity index (χ1v) is 5.98. The molecule has 0 aliphatic heterocycles. The molecule has 0 saturated carbocycles. The van der Waals surface area contributed by atoms with Gasteiger partial charge in [-0.25, -0.2) is 0 Å². The fourth-order valence-electron chi connectivity index (χ4n) is 1.19. The van der Waals surface area contributed by atoms with E-state index in [1.807, 2.05) is 36.0 Å². The van der Waals surface area contributed by atoms with Gasteiger partial charge in [-0.3, -0.25) is 0 Å². The third kappa shape index (κ3) is 3.50. The summed E-state index contributed by atoms with van der Waals surface area (Å²) in [5, 5.41) is 3.35. The van der Waals surface area contributed by atoms with Gasteiger partial charge < -0.3 is 10.1 Å². The summed E-state index contributed by atoms with van der Waals surface area (Å²) in [5.74, 6) is 3.22. The van der Waals surface area contributed by atoms with Crippen molar-refractivity contribution in [3.63, 3.8) is 0 Å². The van der Waals surface area contributed by atoms with Crippen LogP contribution in [0.4, 0.5) is 5.69 Å². The maximum Gasteiger partial charge on any atom is 0.141 e. The third-order valence-electron chi connectivity index (χ3n) is 1.87. The fourth-order valence-corrected chi connectivity index (χ4v) is 1.73. The molecule has 0 aliphatic rings. The number of thioether (sulfide) groups is 1. The number of ether oxygens (including phenoxy) is 1. The summed E-state index contributed by atoms with van der Waals surface area (Å²) in [4.78, 5) is 0. The lowest BCUT2D eigenvalue weighted by molar-refractivity contribution is 0.416. The molecule has 2 nitrogen and oxygen atoms in total. The number of anilines is 1. The molecule has 0 unspecified atom stereocenters. The molecular formula is C11H17NOS.